The largest absolute Gasteiger partial charge is 0.462 e. The van der Waals surface area contributed by atoms with E-state index in [1.54, 1.807) is 18.4 Å². The molecule has 0 saturated carbocycles. The third-order valence-corrected chi connectivity index (χ3v) is 4.38. The first kappa shape index (κ1) is 17.5. The molecule has 0 spiro atoms. The second-order valence-corrected chi connectivity index (χ2v) is 6.58. The summed E-state index contributed by atoms with van der Waals surface area (Å²) >= 11 is 0. The summed E-state index contributed by atoms with van der Waals surface area (Å²) in [6.07, 6.45) is 0. The minimum absolute atomic E-state index is 0.0320. The molecule has 1 rings (SSSR count). The van der Waals surface area contributed by atoms with E-state index in [0.29, 0.717) is 35.9 Å². The average molecular weight is 293 g/mol. The molecule has 0 radical (unpaired) electrons. The fourth-order valence-electron chi connectivity index (χ4n) is 2.22. The maximum atomic E-state index is 12.3. The van der Waals surface area contributed by atoms with Gasteiger partial charge in [-0.05, 0) is 37.7 Å². The maximum absolute atomic E-state index is 12.3. The average Bonchev–Trinajstić information content (AvgIpc) is 2.34. The molecule has 21 heavy (non-hydrogen) atoms. The summed E-state index contributed by atoms with van der Waals surface area (Å²) in [5, 5.41) is 0. The van der Waals surface area contributed by atoms with Crippen molar-refractivity contribution in [1.82, 2.24) is 4.57 Å². The lowest BCUT2D eigenvalue weighted by Gasteiger charge is -2.31. The molecule has 0 fully saturated rings. The number of aryl methyl sites for hydroxylation is 1. The molecule has 0 unspecified atom stereocenters. The van der Waals surface area contributed by atoms with E-state index in [2.05, 4.69) is 27.7 Å². The summed E-state index contributed by atoms with van der Waals surface area (Å²) in [7, 11) is 0. The van der Waals surface area contributed by atoms with Crippen molar-refractivity contribution >= 4 is 5.97 Å². The molecule has 0 bridgehead atoms. The van der Waals surface area contributed by atoms with Crippen LogP contribution < -0.4 is 5.56 Å². The summed E-state index contributed by atoms with van der Waals surface area (Å²) in [4.78, 5) is 24.4. The van der Waals surface area contributed by atoms with Crippen molar-refractivity contribution in [2.24, 2.45) is 11.3 Å². The van der Waals surface area contributed by atoms with Crippen LogP contribution in [-0.2, 0) is 11.3 Å². The lowest BCUT2D eigenvalue weighted by atomic mass is 9.81. The number of carbonyl (C=O) groups excluding carboxylic acids is 1. The van der Waals surface area contributed by atoms with Gasteiger partial charge in [0.25, 0.3) is 5.56 Å². The summed E-state index contributed by atoms with van der Waals surface area (Å²) in [5.74, 6) is 0.0692. The van der Waals surface area contributed by atoms with E-state index in [0.717, 1.165) is 0 Å². The third-order valence-electron chi connectivity index (χ3n) is 4.38. The molecule has 0 amide bonds. The van der Waals surface area contributed by atoms with E-state index in [-0.39, 0.29) is 16.9 Å². The summed E-state index contributed by atoms with van der Waals surface area (Å²) in [6, 6.07) is 1.52. The second-order valence-electron chi connectivity index (χ2n) is 6.58. The monoisotopic (exact) mass is 293 g/mol. The zero-order valence-corrected chi connectivity index (χ0v) is 14.2. The Kier molecular flexibility index (Phi) is 5.37. The van der Waals surface area contributed by atoms with Gasteiger partial charge in [0.15, 0.2) is 0 Å². The third kappa shape index (κ3) is 3.74. The second kappa shape index (κ2) is 6.46. The van der Waals surface area contributed by atoms with Crippen LogP contribution >= 0.6 is 0 Å². The normalized spacial score (nSPS) is 11.8. The van der Waals surface area contributed by atoms with Crippen molar-refractivity contribution < 1.29 is 9.53 Å². The van der Waals surface area contributed by atoms with Crippen LogP contribution in [0.15, 0.2) is 10.9 Å². The van der Waals surface area contributed by atoms with Gasteiger partial charge >= 0.3 is 5.97 Å². The smallest absolute Gasteiger partial charge is 0.340 e. The number of esters is 1. The van der Waals surface area contributed by atoms with Gasteiger partial charge in [-0.3, -0.25) is 4.79 Å². The number of hydrogen-bond donors (Lipinski definition) is 0. The van der Waals surface area contributed by atoms with Gasteiger partial charge in [0.2, 0.25) is 0 Å². The molecule has 0 aliphatic carbocycles. The van der Waals surface area contributed by atoms with E-state index in [1.165, 1.54) is 6.07 Å². The van der Waals surface area contributed by atoms with E-state index >= 15 is 0 Å². The lowest BCUT2D eigenvalue weighted by Crippen LogP contribution is -2.34. The number of pyridine rings is 1. The van der Waals surface area contributed by atoms with Crippen molar-refractivity contribution in [3.63, 3.8) is 0 Å². The molecule has 0 atom stereocenters. The Hall–Kier alpha value is -1.58. The zero-order valence-electron chi connectivity index (χ0n) is 14.2. The Bertz CT molecular complexity index is 582. The number of carbonyl (C=O) groups is 1. The van der Waals surface area contributed by atoms with E-state index in [9.17, 15) is 9.59 Å². The van der Waals surface area contributed by atoms with Crippen LogP contribution in [0, 0.1) is 25.2 Å². The van der Waals surface area contributed by atoms with Crippen molar-refractivity contribution in [3.8, 4) is 0 Å². The number of hydrogen-bond acceptors (Lipinski definition) is 3. The molecule has 0 saturated heterocycles. The standard InChI is InChI=1S/C17H27NO3/c1-8-21-16(20)15-12(4)9-14(19)18(13(15)5)10-17(6,7)11(2)3/h9,11H,8,10H2,1-7H3. The molecule has 4 heteroatoms. The van der Waals surface area contributed by atoms with Gasteiger partial charge < -0.3 is 9.30 Å². The van der Waals surface area contributed by atoms with Gasteiger partial charge in [-0.15, -0.1) is 0 Å². The van der Waals surface area contributed by atoms with Crippen LogP contribution in [0.2, 0.25) is 0 Å². The molecule has 4 nitrogen and oxygen atoms in total. The highest BCUT2D eigenvalue weighted by Gasteiger charge is 2.26. The minimum atomic E-state index is -0.358. The van der Waals surface area contributed by atoms with E-state index < -0.39 is 0 Å². The number of ether oxygens (including phenoxy) is 1. The Balaban J connectivity index is 3.38. The predicted molar refractivity (Wildman–Crippen MR) is 84.8 cm³/mol. The fourth-order valence-corrected chi connectivity index (χ4v) is 2.22. The highest BCUT2D eigenvalue weighted by atomic mass is 16.5. The Morgan fingerprint density at radius 2 is 1.90 bits per heavy atom. The molecule has 0 aromatic carbocycles. The Morgan fingerprint density at radius 1 is 1.33 bits per heavy atom. The molecular weight excluding hydrogens is 266 g/mol. The number of aromatic nitrogens is 1. The predicted octanol–water partition coefficient (Wildman–Crippen LogP) is 3.32. The molecule has 0 N–H and O–H groups in total. The van der Waals surface area contributed by atoms with Crippen molar-refractivity contribution in [3.05, 3.63) is 33.2 Å². The highest BCUT2D eigenvalue weighted by Crippen LogP contribution is 2.28. The molecule has 118 valence electrons. The first-order valence-electron chi connectivity index (χ1n) is 7.50. The Morgan fingerprint density at radius 3 is 2.38 bits per heavy atom. The number of rotatable bonds is 5. The van der Waals surface area contributed by atoms with Crippen LogP contribution in [-0.4, -0.2) is 17.1 Å². The molecule has 1 aromatic heterocycles. The van der Waals surface area contributed by atoms with Crippen LogP contribution in [0.4, 0.5) is 0 Å². The van der Waals surface area contributed by atoms with Gasteiger partial charge in [0, 0.05) is 18.3 Å². The molecule has 1 aromatic rings. The highest BCUT2D eigenvalue weighted by molar-refractivity contribution is 5.92. The van der Waals surface area contributed by atoms with Gasteiger partial charge in [0.05, 0.1) is 12.2 Å². The minimum Gasteiger partial charge on any atom is -0.462 e. The summed E-state index contributed by atoms with van der Waals surface area (Å²) < 4.78 is 6.80. The van der Waals surface area contributed by atoms with E-state index in [4.69, 9.17) is 4.74 Å². The van der Waals surface area contributed by atoms with Crippen molar-refractivity contribution in [1.29, 1.82) is 0 Å². The van der Waals surface area contributed by atoms with Crippen LogP contribution in [0.25, 0.3) is 0 Å². The van der Waals surface area contributed by atoms with Crippen molar-refractivity contribution in [2.75, 3.05) is 6.61 Å². The number of nitrogens with zero attached hydrogens (tertiary/aromatic N) is 1. The van der Waals surface area contributed by atoms with Gasteiger partial charge in [-0.25, -0.2) is 4.79 Å². The lowest BCUT2D eigenvalue weighted by molar-refractivity contribution is 0.0522. The topological polar surface area (TPSA) is 48.3 Å². The van der Waals surface area contributed by atoms with Gasteiger partial charge in [0.1, 0.15) is 0 Å². The van der Waals surface area contributed by atoms with Crippen molar-refractivity contribution in [2.45, 2.75) is 55.0 Å². The first-order valence-corrected chi connectivity index (χ1v) is 7.50. The maximum Gasteiger partial charge on any atom is 0.340 e. The van der Waals surface area contributed by atoms with Crippen LogP contribution in [0.5, 0.6) is 0 Å². The quantitative estimate of drug-likeness (QED) is 0.782. The first-order chi connectivity index (χ1) is 9.61. The fraction of sp³-hybridized carbons (Fsp3) is 0.647. The van der Waals surface area contributed by atoms with E-state index in [1.807, 2.05) is 6.92 Å². The Labute approximate surface area is 127 Å². The molecular formula is C17H27NO3. The van der Waals surface area contributed by atoms with Crippen LogP contribution in [0.1, 0.15) is 56.2 Å². The molecule has 0 aliphatic heterocycles. The summed E-state index contributed by atoms with van der Waals surface area (Å²) in [6.45, 7) is 14.8. The summed E-state index contributed by atoms with van der Waals surface area (Å²) in [5.41, 5.74) is 1.78. The molecule has 1 heterocycles. The SMILES string of the molecule is CCOC(=O)c1c(C)cc(=O)n(CC(C)(C)C(C)C)c1C. The van der Waals surface area contributed by atoms with Gasteiger partial charge in [-0.1, -0.05) is 27.7 Å². The van der Waals surface area contributed by atoms with Crippen LogP contribution in [0.3, 0.4) is 0 Å². The van der Waals surface area contributed by atoms with Gasteiger partial charge in [-0.2, -0.15) is 0 Å². The zero-order chi connectivity index (χ0) is 16.4. The molecule has 0 aliphatic rings.